The van der Waals surface area contributed by atoms with Gasteiger partial charge in [-0.15, -0.1) is 0 Å². The zero-order valence-electron chi connectivity index (χ0n) is 8.22. The Labute approximate surface area is 92.2 Å². The highest BCUT2D eigenvalue weighted by Gasteiger charge is 2.09. The van der Waals surface area contributed by atoms with Crippen molar-refractivity contribution in [2.45, 2.75) is 6.92 Å². The lowest BCUT2D eigenvalue weighted by Crippen LogP contribution is -2.19. The van der Waals surface area contributed by atoms with Gasteiger partial charge in [-0.3, -0.25) is 4.79 Å². The Kier molecular flexibility index (Phi) is 4.52. The molecule has 0 unspecified atom stereocenters. The van der Waals surface area contributed by atoms with Crippen LogP contribution in [-0.4, -0.2) is 19.1 Å². The number of ether oxygens (including phenoxy) is 1. The van der Waals surface area contributed by atoms with E-state index in [-0.39, 0.29) is 17.3 Å². The Morgan fingerprint density at radius 1 is 1.60 bits per heavy atom. The molecule has 82 valence electrons. The Hall–Kier alpha value is -1.13. The number of para-hydroxylation sites is 1. The van der Waals surface area contributed by atoms with Crippen molar-refractivity contribution in [3.8, 4) is 0 Å². The second kappa shape index (κ2) is 5.68. The van der Waals surface area contributed by atoms with E-state index < -0.39 is 11.7 Å². The third kappa shape index (κ3) is 3.49. The van der Waals surface area contributed by atoms with E-state index in [2.05, 4.69) is 5.32 Å². The predicted octanol–water partition coefficient (Wildman–Crippen LogP) is 2.45. The summed E-state index contributed by atoms with van der Waals surface area (Å²) in [5, 5.41) is 2.51. The molecule has 1 aromatic rings. The van der Waals surface area contributed by atoms with Crippen LogP contribution in [0.25, 0.3) is 0 Å². The van der Waals surface area contributed by atoms with Crippen molar-refractivity contribution in [1.82, 2.24) is 0 Å². The van der Waals surface area contributed by atoms with Gasteiger partial charge in [-0.25, -0.2) is 4.39 Å². The van der Waals surface area contributed by atoms with Crippen LogP contribution >= 0.6 is 11.6 Å². The van der Waals surface area contributed by atoms with E-state index in [4.69, 9.17) is 16.3 Å². The van der Waals surface area contributed by atoms with Gasteiger partial charge in [-0.1, -0.05) is 17.7 Å². The minimum atomic E-state index is -0.563. The molecule has 0 aromatic heterocycles. The normalized spacial score (nSPS) is 10.1. The van der Waals surface area contributed by atoms with Gasteiger partial charge in [0.2, 0.25) is 5.91 Å². The van der Waals surface area contributed by atoms with Gasteiger partial charge in [0.05, 0.1) is 10.7 Å². The number of nitrogens with one attached hydrogen (secondary N) is 1. The lowest BCUT2D eigenvalue weighted by atomic mass is 10.3. The molecule has 1 amide bonds. The molecule has 15 heavy (non-hydrogen) atoms. The molecule has 0 heterocycles. The maximum atomic E-state index is 13.2. The lowest BCUT2D eigenvalue weighted by molar-refractivity contribution is -0.120. The second-order valence-electron chi connectivity index (χ2n) is 2.78. The highest BCUT2D eigenvalue weighted by molar-refractivity contribution is 6.33. The fraction of sp³-hybridized carbons (Fsp3) is 0.300. The lowest BCUT2D eigenvalue weighted by Gasteiger charge is -2.07. The molecule has 1 aromatic carbocycles. The molecule has 0 bridgehead atoms. The molecule has 0 saturated carbocycles. The quantitative estimate of drug-likeness (QED) is 0.865. The van der Waals surface area contributed by atoms with Crippen LogP contribution < -0.4 is 5.32 Å². The number of rotatable bonds is 4. The number of benzene rings is 1. The van der Waals surface area contributed by atoms with Gasteiger partial charge in [0.15, 0.2) is 0 Å². The molecule has 0 aliphatic carbocycles. The summed E-state index contributed by atoms with van der Waals surface area (Å²) in [6, 6.07) is 4.19. The zero-order chi connectivity index (χ0) is 11.3. The fourth-order valence-corrected chi connectivity index (χ4v) is 1.20. The number of hydrogen-bond donors (Lipinski definition) is 1. The van der Waals surface area contributed by atoms with Gasteiger partial charge in [0.25, 0.3) is 0 Å². The molecule has 1 N–H and O–H groups in total. The summed E-state index contributed by atoms with van der Waals surface area (Å²) in [7, 11) is 0. The molecule has 0 atom stereocenters. The van der Waals surface area contributed by atoms with Gasteiger partial charge in [0, 0.05) is 6.61 Å². The minimum Gasteiger partial charge on any atom is -0.372 e. The largest absolute Gasteiger partial charge is 0.372 e. The molecular weight excluding hydrogens is 221 g/mol. The average Bonchev–Trinajstić information content (AvgIpc) is 2.21. The Morgan fingerprint density at radius 3 is 2.93 bits per heavy atom. The molecular formula is C10H11ClFNO2. The summed E-state index contributed by atoms with van der Waals surface area (Å²) >= 11 is 5.71. The van der Waals surface area contributed by atoms with E-state index >= 15 is 0 Å². The summed E-state index contributed by atoms with van der Waals surface area (Å²) in [5.74, 6) is -0.990. The summed E-state index contributed by atoms with van der Waals surface area (Å²) in [4.78, 5) is 11.2. The van der Waals surface area contributed by atoms with Crippen LogP contribution in [-0.2, 0) is 9.53 Å². The highest BCUT2D eigenvalue weighted by atomic mass is 35.5. The van der Waals surface area contributed by atoms with Crippen LogP contribution in [0, 0.1) is 5.82 Å². The monoisotopic (exact) mass is 231 g/mol. The topological polar surface area (TPSA) is 38.3 Å². The van der Waals surface area contributed by atoms with Crippen molar-refractivity contribution < 1.29 is 13.9 Å². The van der Waals surface area contributed by atoms with Crippen molar-refractivity contribution in [2.75, 3.05) is 18.5 Å². The number of hydrogen-bond acceptors (Lipinski definition) is 2. The number of halogens is 2. The number of amides is 1. The Bertz CT molecular complexity index is 337. The summed E-state index contributed by atoms with van der Waals surface area (Å²) in [6.45, 7) is 2.09. The van der Waals surface area contributed by atoms with Crippen molar-refractivity contribution in [1.29, 1.82) is 0 Å². The van der Waals surface area contributed by atoms with Crippen molar-refractivity contribution in [3.63, 3.8) is 0 Å². The molecule has 5 heteroatoms. The van der Waals surface area contributed by atoms with E-state index in [1.54, 1.807) is 6.92 Å². The third-order valence-corrected chi connectivity index (χ3v) is 1.98. The fourth-order valence-electron chi connectivity index (χ4n) is 0.987. The zero-order valence-corrected chi connectivity index (χ0v) is 8.97. The van der Waals surface area contributed by atoms with E-state index in [0.717, 1.165) is 0 Å². The number of carbonyl (C=O) groups excluding carboxylic acids is 1. The molecule has 0 fully saturated rings. The first-order chi connectivity index (χ1) is 7.15. The standard InChI is InChI=1S/C10H11ClFNO2/c1-2-15-6-9(14)13-10-7(11)4-3-5-8(10)12/h3-5H,2,6H2,1H3,(H,13,14). The van der Waals surface area contributed by atoms with Crippen LogP contribution in [0.4, 0.5) is 10.1 Å². The van der Waals surface area contributed by atoms with Gasteiger partial charge >= 0.3 is 0 Å². The van der Waals surface area contributed by atoms with Crippen LogP contribution in [0.1, 0.15) is 6.92 Å². The predicted molar refractivity (Wildman–Crippen MR) is 56.5 cm³/mol. The van der Waals surface area contributed by atoms with E-state index in [1.165, 1.54) is 18.2 Å². The minimum absolute atomic E-state index is 0.0103. The van der Waals surface area contributed by atoms with E-state index in [1.807, 2.05) is 0 Å². The average molecular weight is 232 g/mol. The molecule has 0 radical (unpaired) electrons. The summed E-state index contributed by atoms with van der Waals surface area (Å²) < 4.78 is 18.1. The van der Waals surface area contributed by atoms with Crippen molar-refractivity contribution in [3.05, 3.63) is 29.0 Å². The Balaban J connectivity index is 2.68. The van der Waals surface area contributed by atoms with Crippen LogP contribution in [0.3, 0.4) is 0 Å². The second-order valence-corrected chi connectivity index (χ2v) is 3.19. The van der Waals surface area contributed by atoms with E-state index in [0.29, 0.717) is 6.61 Å². The first kappa shape index (κ1) is 11.9. The number of anilines is 1. The Morgan fingerprint density at radius 2 is 2.33 bits per heavy atom. The van der Waals surface area contributed by atoms with Crippen LogP contribution in [0.5, 0.6) is 0 Å². The maximum absolute atomic E-state index is 13.2. The smallest absolute Gasteiger partial charge is 0.250 e. The van der Waals surface area contributed by atoms with Crippen LogP contribution in [0.2, 0.25) is 5.02 Å². The SMILES string of the molecule is CCOCC(=O)Nc1c(F)cccc1Cl. The van der Waals surface area contributed by atoms with Gasteiger partial charge in [-0.2, -0.15) is 0 Å². The molecule has 0 aliphatic rings. The third-order valence-electron chi connectivity index (χ3n) is 1.66. The maximum Gasteiger partial charge on any atom is 0.250 e. The van der Waals surface area contributed by atoms with Gasteiger partial charge < -0.3 is 10.1 Å². The first-order valence-electron chi connectivity index (χ1n) is 4.46. The molecule has 1 rings (SSSR count). The van der Waals surface area contributed by atoms with Gasteiger partial charge in [0.1, 0.15) is 12.4 Å². The first-order valence-corrected chi connectivity index (χ1v) is 4.84. The van der Waals surface area contributed by atoms with Gasteiger partial charge in [-0.05, 0) is 19.1 Å². The molecule has 0 aliphatic heterocycles. The highest BCUT2D eigenvalue weighted by Crippen LogP contribution is 2.24. The number of carbonyl (C=O) groups is 1. The van der Waals surface area contributed by atoms with Crippen molar-refractivity contribution >= 4 is 23.2 Å². The summed E-state index contributed by atoms with van der Waals surface area (Å²) in [5.41, 5.74) is -0.0103. The molecule has 0 saturated heterocycles. The molecule has 0 spiro atoms. The van der Waals surface area contributed by atoms with Crippen molar-refractivity contribution in [2.24, 2.45) is 0 Å². The van der Waals surface area contributed by atoms with Crippen LogP contribution in [0.15, 0.2) is 18.2 Å². The molecule has 3 nitrogen and oxygen atoms in total. The summed E-state index contributed by atoms with van der Waals surface area (Å²) in [6.07, 6.45) is 0. The van der Waals surface area contributed by atoms with E-state index in [9.17, 15) is 9.18 Å².